The first-order valence-corrected chi connectivity index (χ1v) is 10.5. The first-order chi connectivity index (χ1) is 14.6. The largest absolute Gasteiger partial charge is 0.353 e. The van der Waals surface area contributed by atoms with Crippen molar-refractivity contribution in [3.8, 4) is 11.3 Å². The normalized spacial score (nSPS) is 13.7. The quantitative estimate of drug-likeness (QED) is 0.636. The second kappa shape index (κ2) is 9.08. The molecule has 1 aliphatic rings. The Hall–Kier alpha value is -3.20. The molecule has 6 nitrogen and oxygen atoms in total. The summed E-state index contributed by atoms with van der Waals surface area (Å²) in [7, 11) is 0. The van der Waals surface area contributed by atoms with E-state index in [0.717, 1.165) is 47.7 Å². The Labute approximate surface area is 176 Å². The second-order valence-electron chi connectivity index (χ2n) is 6.61. The van der Waals surface area contributed by atoms with E-state index in [4.69, 9.17) is 0 Å². The molecule has 0 atom stereocenters. The molecule has 1 saturated heterocycles. The summed E-state index contributed by atoms with van der Waals surface area (Å²) in [6, 6.07) is 9.53. The number of nitrogens with one attached hydrogen (secondary N) is 2. The standard InChI is InChI=1S/C21H19F2N5OS/c22-15-4-5-18(17(23)13-15)27-21(29)26-16-3-1-2-14(12-16)19-20(25-7-6-24-19)28-8-10-30-11-9-28/h1-7,12-13H,8-11H2,(H2,26,27,29). The molecule has 0 aliphatic carbocycles. The lowest BCUT2D eigenvalue weighted by Crippen LogP contribution is -2.33. The monoisotopic (exact) mass is 427 g/mol. The highest BCUT2D eigenvalue weighted by atomic mass is 32.2. The van der Waals surface area contributed by atoms with Crippen LogP contribution in [0, 0.1) is 11.6 Å². The van der Waals surface area contributed by atoms with Crippen molar-refractivity contribution in [3.05, 3.63) is 66.5 Å². The third kappa shape index (κ3) is 4.68. The van der Waals surface area contributed by atoms with Crippen molar-refractivity contribution in [1.82, 2.24) is 9.97 Å². The summed E-state index contributed by atoms with van der Waals surface area (Å²) in [5, 5.41) is 5.04. The fourth-order valence-electron chi connectivity index (χ4n) is 3.16. The van der Waals surface area contributed by atoms with E-state index in [0.29, 0.717) is 11.8 Å². The van der Waals surface area contributed by atoms with Gasteiger partial charge in [-0.15, -0.1) is 0 Å². The van der Waals surface area contributed by atoms with Crippen LogP contribution >= 0.6 is 11.8 Å². The van der Waals surface area contributed by atoms with Gasteiger partial charge in [0.25, 0.3) is 0 Å². The molecule has 0 spiro atoms. The Morgan fingerprint density at radius 2 is 1.80 bits per heavy atom. The van der Waals surface area contributed by atoms with E-state index in [1.807, 2.05) is 17.8 Å². The molecule has 2 heterocycles. The van der Waals surface area contributed by atoms with Gasteiger partial charge in [0.15, 0.2) is 5.82 Å². The van der Waals surface area contributed by atoms with E-state index in [-0.39, 0.29) is 5.69 Å². The van der Waals surface area contributed by atoms with Crippen molar-refractivity contribution in [2.24, 2.45) is 0 Å². The summed E-state index contributed by atoms with van der Waals surface area (Å²) in [6.45, 7) is 1.81. The molecule has 3 aromatic rings. The third-order valence-corrected chi connectivity index (χ3v) is 5.51. The summed E-state index contributed by atoms with van der Waals surface area (Å²) < 4.78 is 26.8. The molecule has 2 aromatic carbocycles. The van der Waals surface area contributed by atoms with Crippen LogP contribution in [0.5, 0.6) is 0 Å². The van der Waals surface area contributed by atoms with Crippen LogP contribution in [0.15, 0.2) is 54.9 Å². The number of carbonyl (C=O) groups is 1. The Balaban J connectivity index is 1.53. The number of halogens is 2. The maximum absolute atomic E-state index is 13.8. The molecular formula is C21H19F2N5OS. The van der Waals surface area contributed by atoms with Crippen molar-refractivity contribution in [3.63, 3.8) is 0 Å². The smallest absolute Gasteiger partial charge is 0.323 e. The van der Waals surface area contributed by atoms with E-state index >= 15 is 0 Å². The lowest BCUT2D eigenvalue weighted by atomic mass is 10.1. The molecule has 1 aliphatic heterocycles. The van der Waals surface area contributed by atoms with Gasteiger partial charge in [-0.2, -0.15) is 11.8 Å². The predicted octanol–water partition coefficient (Wildman–Crippen LogP) is 4.62. The molecule has 1 fully saturated rings. The first kappa shape index (κ1) is 20.1. The maximum Gasteiger partial charge on any atom is 0.323 e. The van der Waals surface area contributed by atoms with E-state index in [1.54, 1.807) is 30.6 Å². The number of carbonyl (C=O) groups excluding carboxylic acids is 1. The number of nitrogens with zero attached hydrogens (tertiary/aromatic N) is 3. The molecule has 0 saturated carbocycles. The summed E-state index contributed by atoms with van der Waals surface area (Å²) in [6.07, 6.45) is 3.31. The number of benzene rings is 2. The molecule has 30 heavy (non-hydrogen) atoms. The molecule has 4 rings (SSSR count). The Kier molecular flexibility index (Phi) is 6.08. The van der Waals surface area contributed by atoms with E-state index in [9.17, 15) is 13.6 Å². The average molecular weight is 427 g/mol. The van der Waals surface area contributed by atoms with Crippen molar-refractivity contribution in [2.45, 2.75) is 0 Å². The minimum atomic E-state index is -0.845. The number of thioether (sulfide) groups is 1. The van der Waals surface area contributed by atoms with Gasteiger partial charge in [-0.1, -0.05) is 12.1 Å². The number of anilines is 3. The SMILES string of the molecule is O=C(Nc1cccc(-c2nccnc2N2CCSCC2)c1)Nc1ccc(F)cc1F. The lowest BCUT2D eigenvalue weighted by molar-refractivity contribution is 0.262. The Bertz CT molecular complexity index is 1060. The van der Waals surface area contributed by atoms with Gasteiger partial charge in [-0.05, 0) is 24.3 Å². The fourth-order valence-corrected chi connectivity index (χ4v) is 4.06. The zero-order chi connectivity index (χ0) is 20.9. The third-order valence-electron chi connectivity index (χ3n) is 4.56. The van der Waals surface area contributed by atoms with Crippen molar-refractivity contribution in [1.29, 1.82) is 0 Å². The fraction of sp³-hybridized carbons (Fsp3) is 0.190. The van der Waals surface area contributed by atoms with Gasteiger partial charge in [0, 0.05) is 54.3 Å². The predicted molar refractivity (Wildman–Crippen MR) is 116 cm³/mol. The average Bonchev–Trinajstić information content (AvgIpc) is 2.76. The van der Waals surface area contributed by atoms with Gasteiger partial charge in [-0.25, -0.2) is 18.6 Å². The highest BCUT2D eigenvalue weighted by Crippen LogP contribution is 2.30. The van der Waals surface area contributed by atoms with Crippen molar-refractivity contribution < 1.29 is 13.6 Å². The topological polar surface area (TPSA) is 70.2 Å². The number of hydrogen-bond donors (Lipinski definition) is 2. The highest BCUT2D eigenvalue weighted by Gasteiger charge is 2.18. The van der Waals surface area contributed by atoms with Crippen LogP contribution < -0.4 is 15.5 Å². The van der Waals surface area contributed by atoms with Crippen LogP contribution in [-0.4, -0.2) is 40.6 Å². The number of amides is 2. The zero-order valence-corrected chi connectivity index (χ0v) is 16.8. The van der Waals surface area contributed by atoms with Gasteiger partial charge in [-0.3, -0.25) is 4.98 Å². The van der Waals surface area contributed by atoms with Gasteiger partial charge in [0.1, 0.15) is 17.3 Å². The first-order valence-electron chi connectivity index (χ1n) is 9.37. The molecule has 2 N–H and O–H groups in total. The Morgan fingerprint density at radius 1 is 1.00 bits per heavy atom. The van der Waals surface area contributed by atoms with Crippen LogP contribution in [0.25, 0.3) is 11.3 Å². The number of aromatic nitrogens is 2. The van der Waals surface area contributed by atoms with E-state index in [1.165, 1.54) is 6.07 Å². The summed E-state index contributed by atoms with van der Waals surface area (Å²) >= 11 is 1.91. The van der Waals surface area contributed by atoms with Crippen LogP contribution in [-0.2, 0) is 0 Å². The van der Waals surface area contributed by atoms with Gasteiger partial charge < -0.3 is 15.5 Å². The minimum absolute atomic E-state index is 0.107. The number of rotatable bonds is 4. The maximum atomic E-state index is 13.8. The molecule has 0 bridgehead atoms. The van der Waals surface area contributed by atoms with Crippen LogP contribution in [0.4, 0.5) is 30.8 Å². The van der Waals surface area contributed by atoms with E-state index < -0.39 is 17.7 Å². The molecule has 2 amide bonds. The van der Waals surface area contributed by atoms with Crippen molar-refractivity contribution in [2.75, 3.05) is 40.1 Å². The highest BCUT2D eigenvalue weighted by molar-refractivity contribution is 7.99. The van der Waals surface area contributed by atoms with Crippen LogP contribution in [0.1, 0.15) is 0 Å². The van der Waals surface area contributed by atoms with Gasteiger partial charge in [0.2, 0.25) is 0 Å². The second-order valence-corrected chi connectivity index (χ2v) is 7.84. The van der Waals surface area contributed by atoms with E-state index in [2.05, 4.69) is 25.5 Å². The molecule has 0 radical (unpaired) electrons. The van der Waals surface area contributed by atoms with Crippen molar-refractivity contribution >= 4 is 35.0 Å². The lowest BCUT2D eigenvalue weighted by Gasteiger charge is -2.28. The van der Waals surface area contributed by atoms with Crippen LogP contribution in [0.2, 0.25) is 0 Å². The minimum Gasteiger partial charge on any atom is -0.353 e. The number of hydrogen-bond acceptors (Lipinski definition) is 5. The summed E-state index contributed by atoms with van der Waals surface area (Å²) in [5.41, 5.74) is 1.95. The molecule has 1 aromatic heterocycles. The number of urea groups is 1. The Morgan fingerprint density at radius 3 is 2.60 bits per heavy atom. The molecule has 0 unspecified atom stereocenters. The molecule has 9 heteroatoms. The summed E-state index contributed by atoms with van der Waals surface area (Å²) in [4.78, 5) is 23.5. The van der Waals surface area contributed by atoms with Gasteiger partial charge in [0.05, 0.1) is 5.69 Å². The zero-order valence-electron chi connectivity index (χ0n) is 15.9. The van der Waals surface area contributed by atoms with Gasteiger partial charge >= 0.3 is 6.03 Å². The van der Waals surface area contributed by atoms with Crippen LogP contribution in [0.3, 0.4) is 0 Å². The molecular weight excluding hydrogens is 408 g/mol. The summed E-state index contributed by atoms with van der Waals surface area (Å²) in [5.74, 6) is 1.34. The molecule has 154 valence electrons.